The van der Waals surface area contributed by atoms with Crippen LogP contribution in [-0.4, -0.2) is 6.54 Å². The SMILES string of the molecule is CCCNCc1cccc(N=O)c1. The Bertz CT molecular complexity index is 273. The fraction of sp³-hybridized carbons (Fsp3) is 0.400. The minimum atomic E-state index is 0.496. The van der Waals surface area contributed by atoms with Gasteiger partial charge in [0.15, 0.2) is 0 Å². The van der Waals surface area contributed by atoms with Gasteiger partial charge in [-0.05, 0) is 35.8 Å². The molecule has 0 unspecified atom stereocenters. The lowest BCUT2D eigenvalue weighted by Gasteiger charge is -2.02. The molecule has 3 nitrogen and oxygen atoms in total. The lowest BCUT2D eigenvalue weighted by atomic mass is 10.2. The first kappa shape index (κ1) is 9.86. The Morgan fingerprint density at radius 1 is 1.46 bits per heavy atom. The molecule has 0 amide bonds. The summed E-state index contributed by atoms with van der Waals surface area (Å²) in [6, 6.07) is 7.34. The van der Waals surface area contributed by atoms with E-state index < -0.39 is 0 Å². The van der Waals surface area contributed by atoms with Gasteiger partial charge in [0.1, 0.15) is 5.69 Å². The van der Waals surface area contributed by atoms with Crippen LogP contribution < -0.4 is 5.32 Å². The quantitative estimate of drug-likeness (QED) is 0.556. The minimum Gasteiger partial charge on any atom is -0.313 e. The summed E-state index contributed by atoms with van der Waals surface area (Å²) in [5, 5.41) is 6.14. The van der Waals surface area contributed by atoms with Gasteiger partial charge in [0, 0.05) is 6.54 Å². The molecule has 1 aromatic rings. The first-order chi connectivity index (χ1) is 6.36. The zero-order valence-electron chi connectivity index (χ0n) is 7.79. The molecule has 0 spiro atoms. The number of rotatable bonds is 5. The van der Waals surface area contributed by atoms with Gasteiger partial charge in [0.25, 0.3) is 0 Å². The topological polar surface area (TPSA) is 41.5 Å². The van der Waals surface area contributed by atoms with Crippen LogP contribution in [0.2, 0.25) is 0 Å². The Balaban J connectivity index is 2.51. The maximum atomic E-state index is 10.2. The van der Waals surface area contributed by atoms with Crippen molar-refractivity contribution in [3.05, 3.63) is 34.7 Å². The van der Waals surface area contributed by atoms with Crippen molar-refractivity contribution in [1.29, 1.82) is 0 Å². The van der Waals surface area contributed by atoms with Gasteiger partial charge >= 0.3 is 0 Å². The Morgan fingerprint density at radius 2 is 2.31 bits per heavy atom. The fourth-order valence-electron chi connectivity index (χ4n) is 1.13. The van der Waals surface area contributed by atoms with E-state index in [9.17, 15) is 4.91 Å². The van der Waals surface area contributed by atoms with E-state index in [0.717, 1.165) is 25.1 Å². The van der Waals surface area contributed by atoms with Crippen LogP contribution in [0.3, 0.4) is 0 Å². The highest BCUT2D eigenvalue weighted by Gasteiger charge is 1.94. The summed E-state index contributed by atoms with van der Waals surface area (Å²) in [5.41, 5.74) is 1.60. The predicted octanol–water partition coefficient (Wildman–Crippen LogP) is 2.58. The molecular formula is C10H14N2O. The maximum Gasteiger partial charge on any atom is 0.108 e. The molecular weight excluding hydrogens is 164 g/mol. The highest BCUT2D eigenvalue weighted by Crippen LogP contribution is 2.12. The standard InChI is InChI=1S/C10H14N2O/c1-2-6-11-8-9-4-3-5-10(7-9)12-13/h3-5,7,11H,2,6,8H2,1H3. The molecule has 0 aromatic heterocycles. The molecule has 0 radical (unpaired) electrons. The zero-order chi connectivity index (χ0) is 9.52. The lowest BCUT2D eigenvalue weighted by Crippen LogP contribution is -2.13. The molecule has 0 saturated heterocycles. The van der Waals surface area contributed by atoms with E-state index in [1.54, 1.807) is 12.1 Å². The molecule has 0 aliphatic carbocycles. The summed E-state index contributed by atoms with van der Waals surface area (Å²) >= 11 is 0. The molecule has 0 aliphatic rings. The lowest BCUT2D eigenvalue weighted by molar-refractivity contribution is 0.675. The Kier molecular flexibility index (Phi) is 4.12. The zero-order valence-corrected chi connectivity index (χ0v) is 7.79. The Labute approximate surface area is 78.1 Å². The first-order valence-corrected chi connectivity index (χ1v) is 4.50. The summed E-state index contributed by atoms with van der Waals surface area (Å²) < 4.78 is 0. The van der Waals surface area contributed by atoms with E-state index in [4.69, 9.17) is 0 Å². The van der Waals surface area contributed by atoms with Gasteiger partial charge < -0.3 is 5.32 Å². The number of benzene rings is 1. The molecule has 0 fully saturated rings. The van der Waals surface area contributed by atoms with Crippen molar-refractivity contribution in [2.75, 3.05) is 6.54 Å². The van der Waals surface area contributed by atoms with Crippen LogP contribution in [0.1, 0.15) is 18.9 Å². The minimum absolute atomic E-state index is 0.496. The summed E-state index contributed by atoms with van der Waals surface area (Å²) in [7, 11) is 0. The number of nitrogens with zero attached hydrogens (tertiary/aromatic N) is 1. The second-order valence-corrected chi connectivity index (χ2v) is 2.94. The van der Waals surface area contributed by atoms with Crippen molar-refractivity contribution < 1.29 is 0 Å². The number of nitrogens with one attached hydrogen (secondary N) is 1. The highest BCUT2D eigenvalue weighted by atomic mass is 16.3. The first-order valence-electron chi connectivity index (χ1n) is 4.50. The summed E-state index contributed by atoms with van der Waals surface area (Å²) in [5.74, 6) is 0. The van der Waals surface area contributed by atoms with Crippen molar-refractivity contribution in [2.45, 2.75) is 19.9 Å². The summed E-state index contributed by atoms with van der Waals surface area (Å²) in [4.78, 5) is 10.2. The normalized spacial score (nSPS) is 9.92. The molecule has 0 atom stereocenters. The van der Waals surface area contributed by atoms with Crippen LogP contribution in [-0.2, 0) is 6.54 Å². The van der Waals surface area contributed by atoms with E-state index in [2.05, 4.69) is 17.4 Å². The van der Waals surface area contributed by atoms with Gasteiger partial charge in [-0.2, -0.15) is 0 Å². The van der Waals surface area contributed by atoms with Gasteiger partial charge in [-0.15, -0.1) is 4.91 Å². The molecule has 70 valence electrons. The van der Waals surface area contributed by atoms with Crippen molar-refractivity contribution in [3.63, 3.8) is 0 Å². The third-order valence-electron chi connectivity index (χ3n) is 1.77. The smallest absolute Gasteiger partial charge is 0.108 e. The highest BCUT2D eigenvalue weighted by molar-refractivity contribution is 5.39. The van der Waals surface area contributed by atoms with E-state index >= 15 is 0 Å². The number of hydrogen-bond donors (Lipinski definition) is 1. The predicted molar refractivity (Wildman–Crippen MR) is 53.9 cm³/mol. The summed E-state index contributed by atoms with van der Waals surface area (Å²) in [6.07, 6.45) is 1.12. The van der Waals surface area contributed by atoms with Crippen LogP contribution in [0.15, 0.2) is 29.4 Å². The van der Waals surface area contributed by atoms with Crippen LogP contribution in [0.25, 0.3) is 0 Å². The molecule has 0 saturated carbocycles. The maximum absolute atomic E-state index is 10.2. The van der Waals surface area contributed by atoms with E-state index in [1.165, 1.54) is 0 Å². The van der Waals surface area contributed by atoms with E-state index in [-0.39, 0.29) is 0 Å². The summed E-state index contributed by atoms with van der Waals surface area (Å²) in [6.45, 7) is 3.92. The molecule has 1 aromatic carbocycles. The number of hydrogen-bond acceptors (Lipinski definition) is 3. The van der Waals surface area contributed by atoms with Crippen LogP contribution in [0, 0.1) is 4.91 Å². The molecule has 1 N–H and O–H groups in total. The van der Waals surface area contributed by atoms with Crippen molar-refractivity contribution in [2.24, 2.45) is 5.18 Å². The van der Waals surface area contributed by atoms with Crippen molar-refractivity contribution in [3.8, 4) is 0 Å². The average molecular weight is 178 g/mol. The monoisotopic (exact) mass is 178 g/mol. The van der Waals surface area contributed by atoms with Crippen LogP contribution in [0.5, 0.6) is 0 Å². The van der Waals surface area contributed by atoms with Gasteiger partial charge in [-0.25, -0.2) is 0 Å². The van der Waals surface area contributed by atoms with Crippen LogP contribution >= 0.6 is 0 Å². The van der Waals surface area contributed by atoms with Crippen molar-refractivity contribution in [1.82, 2.24) is 5.32 Å². The molecule has 1 rings (SSSR count). The van der Waals surface area contributed by atoms with Crippen molar-refractivity contribution >= 4 is 5.69 Å². The van der Waals surface area contributed by atoms with E-state index in [1.807, 2.05) is 12.1 Å². The van der Waals surface area contributed by atoms with Gasteiger partial charge in [0.05, 0.1) is 0 Å². The van der Waals surface area contributed by atoms with Gasteiger partial charge in [-0.1, -0.05) is 19.1 Å². The molecule has 13 heavy (non-hydrogen) atoms. The average Bonchev–Trinajstić information content (AvgIpc) is 2.19. The second-order valence-electron chi connectivity index (χ2n) is 2.94. The molecule has 0 heterocycles. The van der Waals surface area contributed by atoms with Gasteiger partial charge in [0.2, 0.25) is 0 Å². The number of nitroso groups, excluding NO2 is 1. The Morgan fingerprint density at radius 3 is 3.00 bits per heavy atom. The fourth-order valence-corrected chi connectivity index (χ4v) is 1.13. The molecule has 0 aliphatic heterocycles. The van der Waals surface area contributed by atoms with E-state index in [0.29, 0.717) is 5.69 Å². The largest absolute Gasteiger partial charge is 0.313 e. The van der Waals surface area contributed by atoms with Gasteiger partial charge in [-0.3, -0.25) is 0 Å². The third-order valence-corrected chi connectivity index (χ3v) is 1.77. The van der Waals surface area contributed by atoms with Crippen LogP contribution in [0.4, 0.5) is 5.69 Å². The second kappa shape index (κ2) is 5.43. The molecule has 3 heteroatoms. The molecule has 0 bridgehead atoms. The third kappa shape index (κ3) is 3.34. The Hall–Kier alpha value is -1.22.